The second kappa shape index (κ2) is 5.26. The monoisotopic (exact) mass is 348 g/mol. The van der Waals surface area contributed by atoms with Crippen molar-refractivity contribution in [1.82, 2.24) is 29.4 Å². The van der Waals surface area contributed by atoms with Gasteiger partial charge in [-0.05, 0) is 6.92 Å². The summed E-state index contributed by atoms with van der Waals surface area (Å²) in [5, 5.41) is 11.3. The van der Waals surface area contributed by atoms with Gasteiger partial charge >= 0.3 is 0 Å². The van der Waals surface area contributed by atoms with Crippen LogP contribution in [0.3, 0.4) is 0 Å². The molecule has 0 aliphatic heterocycles. The number of rotatable bonds is 2. The van der Waals surface area contributed by atoms with Crippen molar-refractivity contribution in [2.75, 3.05) is 0 Å². The largest absolute Gasteiger partial charge is 0.248 e. The van der Waals surface area contributed by atoms with E-state index in [0.29, 0.717) is 10.8 Å². The Morgan fingerprint density at radius 3 is 2.72 bits per heavy atom. The third kappa shape index (κ3) is 2.04. The van der Waals surface area contributed by atoms with Crippen LogP contribution in [0.25, 0.3) is 38.8 Å². The molecule has 0 fully saturated rings. The lowest BCUT2D eigenvalue weighted by molar-refractivity contribution is 0.677. The van der Waals surface area contributed by atoms with Crippen LogP contribution in [-0.4, -0.2) is 29.4 Å². The van der Waals surface area contributed by atoms with Gasteiger partial charge in [-0.2, -0.15) is 10.2 Å². The molecule has 25 heavy (non-hydrogen) atoms. The Labute approximate surface area is 147 Å². The number of aryl methyl sites for hydroxylation is 1. The van der Waals surface area contributed by atoms with Crippen molar-refractivity contribution in [3.63, 3.8) is 0 Å². The average molecular weight is 349 g/mol. The Hall–Kier alpha value is -2.99. The van der Waals surface area contributed by atoms with Crippen LogP contribution in [0.2, 0.25) is 5.15 Å². The minimum atomic E-state index is 0.417. The first-order valence-electron chi connectivity index (χ1n) is 8.01. The van der Waals surface area contributed by atoms with Gasteiger partial charge in [0, 0.05) is 24.4 Å². The molecule has 0 saturated heterocycles. The van der Waals surface area contributed by atoms with E-state index in [-0.39, 0.29) is 0 Å². The predicted octanol–water partition coefficient (Wildman–Crippen LogP) is 3.97. The van der Waals surface area contributed by atoms with Gasteiger partial charge in [-0.25, -0.2) is 19.2 Å². The number of fused-ring (bicyclic) bond motifs is 5. The lowest BCUT2D eigenvalue weighted by Crippen LogP contribution is -1.99. The van der Waals surface area contributed by atoms with Gasteiger partial charge in [0.1, 0.15) is 5.15 Å². The van der Waals surface area contributed by atoms with E-state index in [1.165, 1.54) is 0 Å². The number of pyridine rings is 1. The lowest BCUT2D eigenvalue weighted by atomic mass is 10.2. The molecule has 4 aromatic heterocycles. The molecular formula is C18H13ClN6. The van der Waals surface area contributed by atoms with Gasteiger partial charge in [0.25, 0.3) is 0 Å². The SMILES string of the molecule is CCn1ncc2c1ncc1c(Cl)nc3cc(-c4ccccc4)nn3c12. The molecular weight excluding hydrogens is 336 g/mol. The molecule has 5 rings (SSSR count). The molecule has 0 unspecified atom stereocenters. The normalized spacial score (nSPS) is 11.8. The van der Waals surface area contributed by atoms with Crippen LogP contribution in [0, 0.1) is 0 Å². The number of halogens is 1. The Balaban J connectivity index is 1.92. The molecule has 0 aliphatic carbocycles. The highest BCUT2D eigenvalue weighted by Crippen LogP contribution is 2.30. The van der Waals surface area contributed by atoms with E-state index in [4.69, 9.17) is 16.7 Å². The highest BCUT2D eigenvalue weighted by Gasteiger charge is 2.16. The van der Waals surface area contributed by atoms with Crippen LogP contribution in [0.4, 0.5) is 0 Å². The summed E-state index contributed by atoms with van der Waals surface area (Å²) >= 11 is 6.41. The fourth-order valence-corrected chi connectivity index (χ4v) is 3.38. The van der Waals surface area contributed by atoms with E-state index in [9.17, 15) is 0 Å². The van der Waals surface area contributed by atoms with Gasteiger partial charge in [0.05, 0.1) is 28.2 Å². The van der Waals surface area contributed by atoms with E-state index in [2.05, 4.69) is 15.1 Å². The van der Waals surface area contributed by atoms with E-state index in [1.54, 1.807) is 6.20 Å². The number of hydrogen-bond donors (Lipinski definition) is 0. The van der Waals surface area contributed by atoms with Crippen molar-refractivity contribution < 1.29 is 0 Å². The van der Waals surface area contributed by atoms with Crippen LogP contribution in [0.15, 0.2) is 48.8 Å². The maximum Gasteiger partial charge on any atom is 0.159 e. The van der Waals surface area contributed by atoms with Gasteiger partial charge in [-0.3, -0.25) is 0 Å². The molecule has 122 valence electrons. The van der Waals surface area contributed by atoms with Crippen molar-refractivity contribution in [3.8, 4) is 11.3 Å². The second-order valence-electron chi connectivity index (χ2n) is 5.79. The zero-order valence-corrected chi connectivity index (χ0v) is 14.1. The van der Waals surface area contributed by atoms with Gasteiger partial charge in [0.2, 0.25) is 0 Å². The van der Waals surface area contributed by atoms with Crippen molar-refractivity contribution in [1.29, 1.82) is 0 Å². The van der Waals surface area contributed by atoms with E-state index in [0.717, 1.165) is 39.7 Å². The molecule has 1 aromatic carbocycles. The highest BCUT2D eigenvalue weighted by atomic mass is 35.5. The van der Waals surface area contributed by atoms with Gasteiger partial charge < -0.3 is 0 Å². The molecule has 0 radical (unpaired) electrons. The summed E-state index contributed by atoms with van der Waals surface area (Å²) in [5.41, 5.74) is 4.28. The standard InChI is InChI=1S/C18H13ClN6/c1-2-24-18-13(10-21-24)16-12(9-20-18)17(19)22-15-8-14(23-25(15)16)11-6-4-3-5-7-11/h3-10H,2H2,1H3. The molecule has 7 heteroatoms. The van der Waals surface area contributed by atoms with Gasteiger partial charge in [-0.1, -0.05) is 41.9 Å². The lowest BCUT2D eigenvalue weighted by Gasteiger charge is -2.05. The quantitative estimate of drug-likeness (QED) is 0.453. The Morgan fingerprint density at radius 1 is 1.08 bits per heavy atom. The zero-order valence-electron chi connectivity index (χ0n) is 13.4. The zero-order chi connectivity index (χ0) is 17.0. The molecule has 5 aromatic rings. The van der Waals surface area contributed by atoms with Crippen LogP contribution in [-0.2, 0) is 6.54 Å². The number of nitrogens with zero attached hydrogens (tertiary/aromatic N) is 6. The summed E-state index contributed by atoms with van der Waals surface area (Å²) in [6.45, 7) is 2.78. The molecule has 0 N–H and O–H groups in total. The van der Waals surface area contributed by atoms with Crippen molar-refractivity contribution >= 4 is 39.2 Å². The summed E-state index contributed by atoms with van der Waals surface area (Å²) in [5.74, 6) is 0. The molecule has 0 bridgehead atoms. The van der Waals surface area contributed by atoms with Crippen LogP contribution in [0.1, 0.15) is 6.92 Å². The predicted molar refractivity (Wildman–Crippen MR) is 97.7 cm³/mol. The first-order valence-corrected chi connectivity index (χ1v) is 8.39. The highest BCUT2D eigenvalue weighted by molar-refractivity contribution is 6.35. The Kier molecular flexibility index (Phi) is 3.02. The summed E-state index contributed by atoms with van der Waals surface area (Å²) in [6, 6.07) is 12.0. The molecule has 6 nitrogen and oxygen atoms in total. The first kappa shape index (κ1) is 14.4. The Morgan fingerprint density at radius 2 is 1.92 bits per heavy atom. The summed E-state index contributed by atoms with van der Waals surface area (Å²) in [7, 11) is 0. The van der Waals surface area contributed by atoms with Crippen molar-refractivity contribution in [2.24, 2.45) is 0 Å². The third-order valence-corrected chi connectivity index (χ3v) is 4.63. The van der Waals surface area contributed by atoms with Crippen molar-refractivity contribution in [3.05, 3.63) is 53.9 Å². The molecule has 0 spiro atoms. The molecule has 0 atom stereocenters. The van der Waals surface area contributed by atoms with Crippen molar-refractivity contribution in [2.45, 2.75) is 13.5 Å². The molecule has 0 amide bonds. The van der Waals surface area contributed by atoms with Gasteiger partial charge in [-0.15, -0.1) is 0 Å². The van der Waals surface area contributed by atoms with E-state index in [1.807, 2.05) is 58.7 Å². The maximum absolute atomic E-state index is 6.41. The average Bonchev–Trinajstić information content (AvgIpc) is 3.25. The topological polar surface area (TPSA) is 60.9 Å². The van der Waals surface area contributed by atoms with Crippen LogP contribution >= 0.6 is 11.6 Å². The molecule has 4 heterocycles. The fourth-order valence-electron chi connectivity index (χ4n) is 3.15. The number of benzene rings is 1. The van der Waals surface area contributed by atoms with E-state index < -0.39 is 0 Å². The maximum atomic E-state index is 6.41. The minimum Gasteiger partial charge on any atom is -0.248 e. The minimum absolute atomic E-state index is 0.417. The molecule has 0 aliphatic rings. The molecule has 0 saturated carbocycles. The van der Waals surface area contributed by atoms with E-state index >= 15 is 0 Å². The first-order chi connectivity index (χ1) is 12.3. The van der Waals surface area contributed by atoms with Crippen LogP contribution in [0.5, 0.6) is 0 Å². The number of hydrogen-bond acceptors (Lipinski definition) is 4. The summed E-state index contributed by atoms with van der Waals surface area (Å²) in [4.78, 5) is 8.99. The van der Waals surface area contributed by atoms with Crippen LogP contribution < -0.4 is 0 Å². The third-order valence-electron chi connectivity index (χ3n) is 4.34. The Bertz CT molecular complexity index is 1240. The second-order valence-corrected chi connectivity index (χ2v) is 6.14. The smallest absolute Gasteiger partial charge is 0.159 e. The fraction of sp³-hybridized carbons (Fsp3) is 0.111. The number of aromatic nitrogens is 6. The summed E-state index contributed by atoms with van der Waals surface area (Å²) < 4.78 is 3.69. The summed E-state index contributed by atoms with van der Waals surface area (Å²) in [6.07, 6.45) is 3.55. The van der Waals surface area contributed by atoms with Gasteiger partial charge in [0.15, 0.2) is 11.3 Å².